The van der Waals surface area contributed by atoms with Gasteiger partial charge in [0.2, 0.25) is 0 Å². The molecule has 22 heavy (non-hydrogen) atoms. The molecule has 4 nitrogen and oxygen atoms in total. The summed E-state index contributed by atoms with van der Waals surface area (Å²) < 4.78 is 34.8. The number of hydrogen-bond donors (Lipinski definition) is 2. The van der Waals surface area contributed by atoms with Gasteiger partial charge in [-0.1, -0.05) is 25.3 Å². The molecule has 0 spiro atoms. The molecule has 1 aliphatic carbocycles. The van der Waals surface area contributed by atoms with Crippen molar-refractivity contribution < 1.29 is 23.4 Å². The van der Waals surface area contributed by atoms with E-state index in [4.69, 9.17) is 5.73 Å². The van der Waals surface area contributed by atoms with Gasteiger partial charge in [-0.2, -0.15) is 0 Å². The Labute approximate surface area is 134 Å². The van der Waals surface area contributed by atoms with Crippen molar-refractivity contribution in [3.63, 3.8) is 0 Å². The predicted molar refractivity (Wildman–Crippen MR) is 79.4 cm³/mol. The molecule has 1 fully saturated rings. The van der Waals surface area contributed by atoms with Crippen LogP contribution in [0.1, 0.15) is 43.7 Å². The molecule has 0 aromatic heterocycles. The van der Waals surface area contributed by atoms with Crippen molar-refractivity contribution in [1.29, 1.82) is 0 Å². The van der Waals surface area contributed by atoms with Gasteiger partial charge < -0.3 is 20.3 Å². The van der Waals surface area contributed by atoms with Crippen LogP contribution in [0.25, 0.3) is 0 Å². The number of alkyl halides is 2. The third-order valence-electron chi connectivity index (χ3n) is 4.31. The Morgan fingerprint density at radius 2 is 1.77 bits per heavy atom. The molecule has 0 bridgehead atoms. The first-order chi connectivity index (χ1) is 9.96. The van der Waals surface area contributed by atoms with Gasteiger partial charge in [0.25, 0.3) is 0 Å². The summed E-state index contributed by atoms with van der Waals surface area (Å²) in [5.74, 6) is 0.118. The van der Waals surface area contributed by atoms with Crippen LogP contribution in [0.2, 0.25) is 0 Å². The second-order valence-corrected chi connectivity index (χ2v) is 5.79. The van der Waals surface area contributed by atoms with Crippen LogP contribution in [0.3, 0.4) is 0 Å². The van der Waals surface area contributed by atoms with E-state index in [2.05, 4.69) is 9.47 Å². The molecule has 1 heterocycles. The van der Waals surface area contributed by atoms with Gasteiger partial charge in [0.05, 0.1) is 12.1 Å². The van der Waals surface area contributed by atoms with Gasteiger partial charge in [-0.15, -0.1) is 21.2 Å². The first-order valence-corrected chi connectivity index (χ1v) is 7.30. The molecule has 2 atom stereocenters. The van der Waals surface area contributed by atoms with Crippen LogP contribution in [0.5, 0.6) is 11.5 Å². The normalized spacial score (nSPS) is 22.7. The first-order valence-electron chi connectivity index (χ1n) is 7.30. The fraction of sp³-hybridized carbons (Fsp3) is 0.600. The number of benzene rings is 1. The molecule has 3 rings (SSSR count). The molecule has 0 radical (unpaired) electrons. The Morgan fingerprint density at radius 1 is 1.14 bits per heavy atom. The lowest BCUT2D eigenvalue weighted by Gasteiger charge is -2.30. The van der Waals surface area contributed by atoms with Gasteiger partial charge in [-0.3, -0.25) is 0 Å². The first kappa shape index (κ1) is 17.2. The summed E-state index contributed by atoms with van der Waals surface area (Å²) in [5, 5.41) is 10.4. The van der Waals surface area contributed by atoms with Crippen molar-refractivity contribution in [2.45, 2.75) is 50.5 Å². The third kappa shape index (κ3) is 3.45. The van der Waals surface area contributed by atoms with E-state index in [9.17, 15) is 13.9 Å². The van der Waals surface area contributed by atoms with E-state index in [0.717, 1.165) is 25.7 Å². The molecule has 2 aliphatic rings. The molecule has 3 N–H and O–H groups in total. The zero-order valence-electron chi connectivity index (χ0n) is 12.0. The average Bonchev–Trinajstić information content (AvgIpc) is 2.79. The summed E-state index contributed by atoms with van der Waals surface area (Å²) in [7, 11) is 0. The minimum Gasteiger partial charge on any atom is -0.395 e. The lowest BCUT2D eigenvalue weighted by atomic mass is 9.81. The molecule has 124 valence electrons. The van der Waals surface area contributed by atoms with Crippen molar-refractivity contribution in [3.05, 3.63) is 23.8 Å². The predicted octanol–water partition coefficient (Wildman–Crippen LogP) is 3.37. The Bertz CT molecular complexity index is 524. The van der Waals surface area contributed by atoms with Crippen molar-refractivity contribution >= 4 is 12.4 Å². The van der Waals surface area contributed by atoms with E-state index in [0.29, 0.717) is 5.56 Å². The molecular formula is C15H20ClF2NO3. The Kier molecular flexibility index (Phi) is 5.14. The average molecular weight is 336 g/mol. The maximum Gasteiger partial charge on any atom is 0.586 e. The zero-order valence-corrected chi connectivity index (χ0v) is 12.8. The van der Waals surface area contributed by atoms with E-state index in [1.165, 1.54) is 18.6 Å². The topological polar surface area (TPSA) is 64.7 Å². The zero-order chi connectivity index (χ0) is 15.0. The number of hydrogen-bond acceptors (Lipinski definition) is 4. The van der Waals surface area contributed by atoms with E-state index in [1.54, 1.807) is 6.07 Å². The summed E-state index contributed by atoms with van der Waals surface area (Å²) in [6, 6.07) is 3.81. The maximum absolute atomic E-state index is 13.0. The highest BCUT2D eigenvalue weighted by molar-refractivity contribution is 5.85. The largest absolute Gasteiger partial charge is 0.586 e. The van der Waals surface area contributed by atoms with Crippen LogP contribution in [0.4, 0.5) is 8.78 Å². The van der Waals surface area contributed by atoms with Crippen LogP contribution in [0, 0.1) is 5.92 Å². The summed E-state index contributed by atoms with van der Waals surface area (Å²) in [6.07, 6.45) is 0.995. The number of fused-ring (bicyclic) bond motifs is 1. The van der Waals surface area contributed by atoms with E-state index in [-0.39, 0.29) is 29.8 Å². The molecule has 1 aliphatic heterocycles. The third-order valence-corrected chi connectivity index (χ3v) is 4.31. The maximum atomic E-state index is 13.0. The van der Waals surface area contributed by atoms with Crippen molar-refractivity contribution in [3.8, 4) is 11.5 Å². The van der Waals surface area contributed by atoms with Crippen molar-refractivity contribution in [2.24, 2.45) is 11.7 Å². The standard InChI is InChI=1S/C15H19F2NO3.ClH/c16-15(17)20-11-7-6-10(8-12(11)21-15)13(18)14(19)9-4-2-1-3-5-9;/h6-9,13-14,19H,1-5,18H2;1H/t13-,14+;/m1./s1. The van der Waals surface area contributed by atoms with Crippen LogP contribution >= 0.6 is 12.4 Å². The lowest BCUT2D eigenvalue weighted by Crippen LogP contribution is -2.34. The van der Waals surface area contributed by atoms with Crippen LogP contribution in [-0.4, -0.2) is 17.5 Å². The minimum atomic E-state index is -3.63. The van der Waals surface area contributed by atoms with Gasteiger partial charge in [-0.25, -0.2) is 0 Å². The van der Waals surface area contributed by atoms with Gasteiger partial charge in [0.1, 0.15) is 0 Å². The smallest absolute Gasteiger partial charge is 0.395 e. The molecule has 1 saturated carbocycles. The highest BCUT2D eigenvalue weighted by Crippen LogP contribution is 2.42. The van der Waals surface area contributed by atoms with E-state index in [1.807, 2.05) is 0 Å². The summed E-state index contributed by atoms with van der Waals surface area (Å²) in [4.78, 5) is 0. The van der Waals surface area contributed by atoms with E-state index >= 15 is 0 Å². The molecule has 0 unspecified atom stereocenters. The van der Waals surface area contributed by atoms with E-state index < -0.39 is 18.4 Å². The van der Waals surface area contributed by atoms with Gasteiger partial charge in [-0.05, 0) is 36.5 Å². The summed E-state index contributed by atoms with van der Waals surface area (Å²) in [5.41, 5.74) is 6.67. The summed E-state index contributed by atoms with van der Waals surface area (Å²) >= 11 is 0. The highest BCUT2D eigenvalue weighted by atomic mass is 35.5. The second kappa shape index (κ2) is 6.56. The lowest BCUT2D eigenvalue weighted by molar-refractivity contribution is -0.286. The number of halogens is 3. The SMILES string of the molecule is Cl.N[C@H](c1ccc2c(c1)OC(F)(F)O2)[C@@H](O)C1CCCCC1. The number of ether oxygens (including phenoxy) is 2. The number of rotatable bonds is 3. The van der Waals surface area contributed by atoms with Crippen molar-refractivity contribution in [1.82, 2.24) is 0 Å². The van der Waals surface area contributed by atoms with Gasteiger partial charge in [0.15, 0.2) is 11.5 Å². The van der Waals surface area contributed by atoms with Gasteiger partial charge in [0, 0.05) is 0 Å². The number of aliphatic hydroxyl groups excluding tert-OH is 1. The van der Waals surface area contributed by atoms with Crippen LogP contribution in [-0.2, 0) is 0 Å². The molecule has 1 aromatic carbocycles. The fourth-order valence-corrected chi connectivity index (χ4v) is 3.14. The number of aliphatic hydroxyl groups is 1. The van der Waals surface area contributed by atoms with Crippen LogP contribution in [0.15, 0.2) is 18.2 Å². The van der Waals surface area contributed by atoms with Gasteiger partial charge >= 0.3 is 6.29 Å². The van der Waals surface area contributed by atoms with Crippen LogP contribution < -0.4 is 15.2 Å². The fourth-order valence-electron chi connectivity index (χ4n) is 3.14. The molecule has 1 aromatic rings. The molecule has 0 amide bonds. The Balaban J connectivity index is 0.00000176. The monoisotopic (exact) mass is 335 g/mol. The summed E-state index contributed by atoms with van der Waals surface area (Å²) in [6.45, 7) is 0. The number of nitrogens with two attached hydrogens (primary N) is 1. The molecule has 7 heteroatoms. The minimum absolute atomic E-state index is 0. The van der Waals surface area contributed by atoms with Crippen molar-refractivity contribution in [2.75, 3.05) is 0 Å². The highest BCUT2D eigenvalue weighted by Gasteiger charge is 2.43. The Morgan fingerprint density at radius 3 is 2.45 bits per heavy atom. The molecular weight excluding hydrogens is 316 g/mol. The Hall–Kier alpha value is -1.11. The molecule has 0 saturated heterocycles. The quantitative estimate of drug-likeness (QED) is 0.889. The second-order valence-electron chi connectivity index (χ2n) is 5.79.